The van der Waals surface area contributed by atoms with E-state index in [1.807, 2.05) is 60.7 Å². The van der Waals surface area contributed by atoms with Gasteiger partial charge in [-0.25, -0.2) is 4.79 Å². The van der Waals surface area contributed by atoms with Gasteiger partial charge in [0.15, 0.2) is 0 Å². The van der Waals surface area contributed by atoms with Crippen molar-refractivity contribution in [1.82, 2.24) is 15.0 Å². The number of carbonyl (C=O) groups is 1. The van der Waals surface area contributed by atoms with E-state index in [1.54, 1.807) is 16.6 Å². The molecule has 1 amide bonds. The number of thioether (sulfide) groups is 1. The zero-order valence-electron chi connectivity index (χ0n) is 16.6. The van der Waals surface area contributed by atoms with Crippen LogP contribution in [0.5, 0.6) is 0 Å². The maximum Gasteiger partial charge on any atom is 0.411 e. The molecule has 0 saturated heterocycles. The molecule has 0 aliphatic heterocycles. The van der Waals surface area contributed by atoms with Crippen LogP contribution in [0.1, 0.15) is 11.1 Å². The Balaban J connectivity index is 1.31. The second-order valence-corrected chi connectivity index (χ2v) is 7.87. The summed E-state index contributed by atoms with van der Waals surface area (Å²) in [5.74, 6) is 0.677. The van der Waals surface area contributed by atoms with Crippen LogP contribution in [0.25, 0.3) is 11.0 Å². The maximum atomic E-state index is 11.9. The second kappa shape index (κ2) is 9.45. The molecular weight excluding hydrogens is 396 g/mol. The molecule has 0 fully saturated rings. The fourth-order valence-corrected chi connectivity index (χ4v) is 3.99. The van der Waals surface area contributed by atoms with Gasteiger partial charge in [0.1, 0.15) is 17.6 Å². The average Bonchev–Trinajstić information content (AvgIpc) is 3.17. The first-order valence-corrected chi connectivity index (χ1v) is 10.7. The standard InChI is InChI=1S/C23H22N4O2S/c1-17-18(16-27-25-20-11-5-6-12-21(20)26-27)8-7-13-22(17)30-15-14-29-23(28)24-19-9-3-2-4-10-19/h2-13H,14-16H2,1H3,(H,24,28). The molecule has 1 N–H and O–H groups in total. The number of hydrogen-bond donors (Lipinski definition) is 1. The average molecular weight is 419 g/mol. The topological polar surface area (TPSA) is 69.0 Å². The molecule has 6 nitrogen and oxygen atoms in total. The monoisotopic (exact) mass is 418 g/mol. The molecule has 152 valence electrons. The number of fused-ring (bicyclic) bond motifs is 1. The molecule has 1 heterocycles. The first-order valence-electron chi connectivity index (χ1n) is 9.69. The Hall–Kier alpha value is -3.32. The summed E-state index contributed by atoms with van der Waals surface area (Å²) in [7, 11) is 0. The Morgan fingerprint density at radius 2 is 1.67 bits per heavy atom. The second-order valence-electron chi connectivity index (χ2n) is 6.73. The molecule has 0 atom stereocenters. The van der Waals surface area contributed by atoms with Crippen molar-refractivity contribution in [1.29, 1.82) is 0 Å². The van der Waals surface area contributed by atoms with Crippen LogP contribution < -0.4 is 5.32 Å². The summed E-state index contributed by atoms with van der Waals surface area (Å²) in [6, 6.07) is 23.3. The van der Waals surface area contributed by atoms with E-state index in [0.29, 0.717) is 18.9 Å². The van der Waals surface area contributed by atoms with Gasteiger partial charge in [-0.05, 0) is 48.4 Å². The molecule has 0 radical (unpaired) electrons. The van der Waals surface area contributed by atoms with Gasteiger partial charge in [-0.15, -0.1) is 11.8 Å². The number of benzene rings is 3. The molecule has 0 unspecified atom stereocenters. The van der Waals surface area contributed by atoms with Crippen molar-refractivity contribution in [2.75, 3.05) is 17.7 Å². The summed E-state index contributed by atoms with van der Waals surface area (Å²) in [6.07, 6.45) is -0.441. The van der Waals surface area contributed by atoms with Gasteiger partial charge in [0.25, 0.3) is 0 Å². The molecule has 0 bridgehead atoms. The Labute approximate surface area is 179 Å². The lowest BCUT2D eigenvalue weighted by atomic mass is 10.1. The fraction of sp³-hybridized carbons (Fsp3) is 0.174. The number of anilines is 1. The minimum Gasteiger partial charge on any atom is -0.448 e. The van der Waals surface area contributed by atoms with Crippen LogP contribution in [0.3, 0.4) is 0 Å². The van der Waals surface area contributed by atoms with Crippen LogP contribution in [0.2, 0.25) is 0 Å². The van der Waals surface area contributed by atoms with E-state index in [9.17, 15) is 4.79 Å². The lowest BCUT2D eigenvalue weighted by molar-refractivity contribution is 0.169. The lowest BCUT2D eigenvalue weighted by Gasteiger charge is -2.11. The molecule has 0 aliphatic carbocycles. The lowest BCUT2D eigenvalue weighted by Crippen LogP contribution is -2.15. The van der Waals surface area contributed by atoms with Gasteiger partial charge in [-0.3, -0.25) is 5.32 Å². The van der Waals surface area contributed by atoms with Crippen molar-refractivity contribution in [2.45, 2.75) is 18.4 Å². The number of rotatable bonds is 7. The molecule has 7 heteroatoms. The molecule has 0 spiro atoms. The smallest absolute Gasteiger partial charge is 0.411 e. The number of nitrogens with zero attached hydrogens (tertiary/aromatic N) is 3. The van der Waals surface area contributed by atoms with Gasteiger partial charge in [0.05, 0.1) is 6.54 Å². The molecule has 3 aromatic carbocycles. The van der Waals surface area contributed by atoms with Gasteiger partial charge in [-0.2, -0.15) is 15.0 Å². The molecule has 4 rings (SSSR count). The van der Waals surface area contributed by atoms with E-state index < -0.39 is 6.09 Å². The highest BCUT2D eigenvalue weighted by molar-refractivity contribution is 7.99. The summed E-state index contributed by atoms with van der Waals surface area (Å²) in [6.45, 7) is 3.05. The fourth-order valence-electron chi connectivity index (χ4n) is 3.08. The minimum absolute atomic E-state index is 0.332. The highest BCUT2D eigenvalue weighted by atomic mass is 32.2. The molecular formula is C23H22N4O2S. The zero-order valence-corrected chi connectivity index (χ0v) is 17.4. The summed E-state index contributed by atoms with van der Waals surface area (Å²) >= 11 is 1.67. The van der Waals surface area contributed by atoms with Gasteiger partial charge >= 0.3 is 6.09 Å². The molecule has 0 aliphatic rings. The summed E-state index contributed by atoms with van der Waals surface area (Å²) < 4.78 is 5.27. The number of ether oxygens (including phenoxy) is 1. The molecule has 0 saturated carbocycles. The van der Waals surface area contributed by atoms with Crippen LogP contribution in [0.15, 0.2) is 77.7 Å². The largest absolute Gasteiger partial charge is 0.448 e. The Morgan fingerprint density at radius 1 is 0.967 bits per heavy atom. The van der Waals surface area contributed by atoms with E-state index in [4.69, 9.17) is 4.74 Å². The van der Waals surface area contributed by atoms with Crippen molar-refractivity contribution in [3.05, 3.63) is 83.9 Å². The summed E-state index contributed by atoms with van der Waals surface area (Å²) in [5.41, 5.74) is 4.87. The van der Waals surface area contributed by atoms with Gasteiger partial charge in [0, 0.05) is 16.3 Å². The SMILES string of the molecule is Cc1c(Cn2nc3ccccc3n2)cccc1SCCOC(=O)Nc1ccccc1. The van der Waals surface area contributed by atoms with Crippen LogP contribution in [-0.2, 0) is 11.3 Å². The van der Waals surface area contributed by atoms with Crippen LogP contribution in [0.4, 0.5) is 10.5 Å². The van der Waals surface area contributed by atoms with Crippen molar-refractivity contribution in [2.24, 2.45) is 0 Å². The number of amides is 1. The van der Waals surface area contributed by atoms with E-state index in [0.717, 1.165) is 21.6 Å². The van der Waals surface area contributed by atoms with Crippen molar-refractivity contribution in [3.8, 4) is 0 Å². The third-order valence-electron chi connectivity index (χ3n) is 4.63. The predicted molar refractivity (Wildman–Crippen MR) is 120 cm³/mol. The van der Waals surface area contributed by atoms with Gasteiger partial charge in [-0.1, -0.05) is 42.5 Å². The molecule has 4 aromatic rings. The Kier molecular flexibility index (Phi) is 6.29. The third-order valence-corrected chi connectivity index (χ3v) is 5.75. The molecule has 1 aromatic heterocycles. The first kappa shape index (κ1) is 20.0. The van der Waals surface area contributed by atoms with Gasteiger partial charge in [0.2, 0.25) is 0 Å². The quantitative estimate of drug-likeness (QED) is 0.333. The highest BCUT2D eigenvalue weighted by Crippen LogP contribution is 2.25. The van der Waals surface area contributed by atoms with E-state index in [-0.39, 0.29) is 0 Å². The number of nitrogens with one attached hydrogen (secondary N) is 1. The summed E-state index contributed by atoms with van der Waals surface area (Å²) in [4.78, 5) is 14.8. The van der Waals surface area contributed by atoms with Gasteiger partial charge < -0.3 is 4.74 Å². The van der Waals surface area contributed by atoms with Crippen molar-refractivity contribution >= 4 is 34.6 Å². The van der Waals surface area contributed by atoms with Crippen molar-refractivity contribution in [3.63, 3.8) is 0 Å². The number of aromatic nitrogens is 3. The predicted octanol–water partition coefficient (Wildman–Crippen LogP) is 5.13. The van der Waals surface area contributed by atoms with Crippen LogP contribution >= 0.6 is 11.8 Å². The van der Waals surface area contributed by atoms with Crippen LogP contribution in [0, 0.1) is 6.92 Å². The zero-order chi connectivity index (χ0) is 20.8. The highest BCUT2D eigenvalue weighted by Gasteiger charge is 2.09. The maximum absolute atomic E-state index is 11.9. The Morgan fingerprint density at radius 3 is 2.40 bits per heavy atom. The van der Waals surface area contributed by atoms with Crippen LogP contribution in [-0.4, -0.2) is 33.4 Å². The Bertz CT molecular complexity index is 1110. The molecule has 30 heavy (non-hydrogen) atoms. The third kappa shape index (κ3) is 4.99. The van der Waals surface area contributed by atoms with E-state index in [2.05, 4.69) is 34.6 Å². The first-order chi connectivity index (χ1) is 14.7. The minimum atomic E-state index is -0.441. The van der Waals surface area contributed by atoms with Crippen molar-refractivity contribution < 1.29 is 9.53 Å². The number of para-hydroxylation sites is 1. The number of hydrogen-bond acceptors (Lipinski definition) is 5. The number of carbonyl (C=O) groups excluding carboxylic acids is 1. The van der Waals surface area contributed by atoms with E-state index in [1.165, 1.54) is 11.1 Å². The normalized spacial score (nSPS) is 10.8. The van der Waals surface area contributed by atoms with E-state index >= 15 is 0 Å². The summed E-state index contributed by atoms with van der Waals surface area (Å²) in [5, 5.41) is 11.8.